The van der Waals surface area contributed by atoms with Gasteiger partial charge in [-0.15, -0.1) is 12.8 Å². The molecule has 0 heterocycles. The fraction of sp³-hybridized carbons (Fsp3) is 0.286. The molecule has 140 valence electrons. The lowest BCUT2D eigenvalue weighted by atomic mass is 10.1. The predicted octanol–water partition coefficient (Wildman–Crippen LogP) is 3.69. The van der Waals surface area contributed by atoms with Crippen molar-refractivity contribution in [2.24, 2.45) is 5.73 Å². The number of methoxy groups -OCH3 is 1. The van der Waals surface area contributed by atoms with E-state index in [1.54, 1.807) is 49.5 Å². The molecule has 0 bridgehead atoms. The summed E-state index contributed by atoms with van der Waals surface area (Å²) in [4.78, 5) is 21.5. The van der Waals surface area contributed by atoms with Gasteiger partial charge >= 0.3 is 0 Å². The number of benzene rings is 1. The molecule has 1 rings (SSSR count). The zero-order valence-electron chi connectivity index (χ0n) is 15.7. The van der Waals surface area contributed by atoms with Crippen LogP contribution in [0, 0.1) is 12.8 Å². The lowest BCUT2D eigenvalue weighted by Crippen LogP contribution is -2.05. The first-order valence-electron chi connectivity index (χ1n) is 7.90. The van der Waals surface area contributed by atoms with Crippen molar-refractivity contribution >= 4 is 11.7 Å². The number of terminal acetylenes is 1. The number of nitrogens with two attached hydrogens (primary N) is 1. The second-order valence-electron chi connectivity index (χ2n) is 4.74. The summed E-state index contributed by atoms with van der Waals surface area (Å²) >= 11 is 0. The van der Waals surface area contributed by atoms with E-state index in [1.807, 2.05) is 13.8 Å². The highest BCUT2D eigenvalue weighted by Gasteiger charge is 2.02. The maximum Gasteiger partial charge on any atom is 0.162 e. The van der Waals surface area contributed by atoms with Crippen molar-refractivity contribution in [2.45, 2.75) is 26.7 Å². The van der Waals surface area contributed by atoms with Crippen LogP contribution in [0.15, 0.2) is 54.5 Å². The van der Waals surface area contributed by atoms with Crippen molar-refractivity contribution in [3.05, 3.63) is 60.0 Å². The molecular formula is C21H27NO4. The second-order valence-corrected chi connectivity index (χ2v) is 4.74. The van der Waals surface area contributed by atoms with Crippen molar-refractivity contribution in [3.63, 3.8) is 0 Å². The van der Waals surface area contributed by atoms with E-state index in [0.29, 0.717) is 30.8 Å². The van der Waals surface area contributed by atoms with Gasteiger partial charge in [-0.05, 0) is 37.3 Å². The van der Waals surface area contributed by atoms with E-state index in [0.717, 1.165) is 5.76 Å². The smallest absolute Gasteiger partial charge is 0.162 e. The standard InChI is InChI=1S/C13H15NO3.C6H10O.C2H2/c1-2-13(16)10-3-5-12(6-4-10)17-8-7-11(14)9-15;1-4-5-6(2)7-3;1-2/h3-6H,2,7-8,14H2,1H3;4-5H,1H2,2-3H3;1-2H/b;6-5+;. The minimum Gasteiger partial charge on any atom is -0.501 e. The molecule has 1 aromatic rings. The van der Waals surface area contributed by atoms with Crippen LogP contribution in [0.4, 0.5) is 0 Å². The number of hydrogen-bond acceptors (Lipinski definition) is 5. The molecule has 0 aliphatic rings. The molecule has 0 amide bonds. The van der Waals surface area contributed by atoms with E-state index in [1.165, 1.54) is 0 Å². The molecule has 0 aromatic heterocycles. The molecule has 0 aliphatic carbocycles. The van der Waals surface area contributed by atoms with Gasteiger partial charge in [0.2, 0.25) is 0 Å². The Kier molecular flexibility index (Phi) is 16.0. The first-order chi connectivity index (χ1) is 12.5. The highest BCUT2D eigenvalue weighted by Crippen LogP contribution is 2.13. The minimum atomic E-state index is 0.102. The quantitative estimate of drug-likeness (QED) is 0.252. The number of carbonyl (C=O) groups excluding carboxylic acids is 2. The Balaban J connectivity index is 0. The highest BCUT2D eigenvalue weighted by atomic mass is 16.5. The van der Waals surface area contributed by atoms with Crippen LogP contribution in [0.3, 0.4) is 0 Å². The molecule has 0 radical (unpaired) electrons. The summed E-state index contributed by atoms with van der Waals surface area (Å²) in [6.07, 6.45) is 12.3. The van der Waals surface area contributed by atoms with Crippen molar-refractivity contribution in [1.82, 2.24) is 0 Å². The van der Waals surface area contributed by atoms with Crippen LogP contribution >= 0.6 is 0 Å². The Bertz CT molecular complexity index is 636. The monoisotopic (exact) mass is 357 g/mol. The van der Waals surface area contributed by atoms with Gasteiger partial charge in [0.1, 0.15) is 11.7 Å². The number of ether oxygens (including phenoxy) is 2. The van der Waals surface area contributed by atoms with Crippen LogP contribution in [0.2, 0.25) is 0 Å². The van der Waals surface area contributed by atoms with Crippen LogP contribution in [-0.4, -0.2) is 25.4 Å². The van der Waals surface area contributed by atoms with Crippen LogP contribution in [0.5, 0.6) is 5.75 Å². The highest BCUT2D eigenvalue weighted by molar-refractivity contribution is 5.95. The third-order valence-electron chi connectivity index (χ3n) is 2.94. The third-order valence-corrected chi connectivity index (χ3v) is 2.94. The van der Waals surface area contributed by atoms with Crippen molar-refractivity contribution < 1.29 is 19.1 Å². The topological polar surface area (TPSA) is 78.6 Å². The van der Waals surface area contributed by atoms with E-state index in [-0.39, 0.29) is 11.5 Å². The molecule has 26 heavy (non-hydrogen) atoms. The van der Waals surface area contributed by atoms with E-state index >= 15 is 0 Å². The molecule has 0 unspecified atom stereocenters. The molecule has 0 aliphatic heterocycles. The van der Waals surface area contributed by atoms with Crippen molar-refractivity contribution in [1.29, 1.82) is 0 Å². The fourth-order valence-electron chi connectivity index (χ4n) is 1.51. The van der Waals surface area contributed by atoms with Gasteiger partial charge in [0.05, 0.1) is 25.2 Å². The third kappa shape index (κ3) is 12.2. The first-order valence-corrected chi connectivity index (χ1v) is 7.90. The molecule has 0 saturated carbocycles. The molecule has 5 nitrogen and oxygen atoms in total. The SMILES string of the molecule is C#C.C=C/C=C(\C)OC.CCC(=O)c1ccc(OCCC(N)=C=O)cc1. The second kappa shape index (κ2) is 16.6. The summed E-state index contributed by atoms with van der Waals surface area (Å²) in [5.74, 6) is 3.24. The molecule has 2 N–H and O–H groups in total. The normalized spacial score (nSPS) is 9.19. The summed E-state index contributed by atoms with van der Waals surface area (Å²) in [7, 11) is 1.63. The minimum absolute atomic E-state index is 0.102. The first kappa shape index (κ1) is 25.0. The molecule has 0 fully saturated rings. The fourth-order valence-corrected chi connectivity index (χ4v) is 1.51. The zero-order chi connectivity index (χ0) is 20.4. The number of Topliss-reactive ketones (excluding diaryl/α,β-unsaturated/α-hetero) is 1. The van der Waals surface area contributed by atoms with Crippen LogP contribution in [0.25, 0.3) is 0 Å². The lowest BCUT2D eigenvalue weighted by molar-refractivity contribution is 0.0988. The predicted molar refractivity (Wildman–Crippen MR) is 105 cm³/mol. The van der Waals surface area contributed by atoms with Crippen LogP contribution in [0.1, 0.15) is 37.0 Å². The van der Waals surface area contributed by atoms with Gasteiger partial charge in [-0.25, -0.2) is 4.79 Å². The molecule has 0 spiro atoms. The lowest BCUT2D eigenvalue weighted by Gasteiger charge is -2.05. The maximum absolute atomic E-state index is 11.4. The summed E-state index contributed by atoms with van der Waals surface area (Å²) < 4.78 is 10.1. The molecule has 5 heteroatoms. The van der Waals surface area contributed by atoms with Gasteiger partial charge in [0, 0.05) is 18.4 Å². The van der Waals surface area contributed by atoms with Gasteiger partial charge in [0.25, 0.3) is 0 Å². The number of hydrogen-bond donors (Lipinski definition) is 1. The summed E-state index contributed by atoms with van der Waals surface area (Å²) in [5.41, 5.74) is 6.10. The Hall–Kier alpha value is -3.22. The molecular weight excluding hydrogens is 330 g/mol. The van der Waals surface area contributed by atoms with Crippen molar-refractivity contribution in [3.8, 4) is 18.6 Å². The molecule has 1 aromatic carbocycles. The van der Waals surface area contributed by atoms with E-state index in [2.05, 4.69) is 19.4 Å². The van der Waals surface area contributed by atoms with Gasteiger partial charge in [-0.1, -0.05) is 19.6 Å². The Labute approximate surface area is 156 Å². The zero-order valence-corrected chi connectivity index (χ0v) is 15.7. The van der Waals surface area contributed by atoms with Gasteiger partial charge in [-0.2, -0.15) is 0 Å². The summed E-state index contributed by atoms with van der Waals surface area (Å²) in [6, 6.07) is 6.90. The van der Waals surface area contributed by atoms with E-state index in [9.17, 15) is 9.59 Å². The maximum atomic E-state index is 11.4. The Morgan fingerprint density at radius 2 is 1.88 bits per heavy atom. The average molecular weight is 357 g/mol. The van der Waals surface area contributed by atoms with Gasteiger partial charge in [-0.3, -0.25) is 4.79 Å². The summed E-state index contributed by atoms with van der Waals surface area (Å²) in [6.45, 7) is 7.51. The van der Waals surface area contributed by atoms with Gasteiger partial charge in [0.15, 0.2) is 5.78 Å². The van der Waals surface area contributed by atoms with Crippen LogP contribution < -0.4 is 10.5 Å². The van der Waals surface area contributed by atoms with E-state index < -0.39 is 0 Å². The summed E-state index contributed by atoms with van der Waals surface area (Å²) in [5, 5.41) is 0. The average Bonchev–Trinajstić information content (AvgIpc) is 2.69. The van der Waals surface area contributed by atoms with Crippen LogP contribution in [-0.2, 0) is 9.53 Å². The van der Waals surface area contributed by atoms with E-state index in [4.69, 9.17) is 15.2 Å². The number of ketones is 1. The number of rotatable bonds is 8. The largest absolute Gasteiger partial charge is 0.501 e. The Morgan fingerprint density at radius 3 is 2.27 bits per heavy atom. The van der Waals surface area contributed by atoms with Crippen molar-refractivity contribution in [2.75, 3.05) is 13.7 Å². The van der Waals surface area contributed by atoms with Gasteiger partial charge < -0.3 is 15.2 Å². The Morgan fingerprint density at radius 1 is 1.31 bits per heavy atom. The molecule has 0 atom stereocenters. The number of carbonyl (C=O) groups is 1. The molecule has 0 saturated heterocycles. The number of allylic oxidation sites excluding steroid dienone is 3.